The zero-order valence-corrected chi connectivity index (χ0v) is 24.2. The lowest BCUT2D eigenvalue weighted by Gasteiger charge is -2.38. The number of nitrogens with one attached hydrogen (secondary N) is 1. The monoisotopic (exact) mass is 573 g/mol. The number of fused-ring (bicyclic) bond motifs is 1. The predicted octanol–water partition coefficient (Wildman–Crippen LogP) is 1.26. The van der Waals surface area contributed by atoms with Crippen molar-refractivity contribution in [2.45, 2.75) is 37.9 Å². The molecule has 14 heteroatoms. The molecule has 3 atom stereocenters. The average Bonchev–Trinajstić information content (AvgIpc) is 3.50. The Balaban J connectivity index is 1.74. The fraction of sp³-hybridized carbons (Fsp3) is 0.462. The van der Waals surface area contributed by atoms with Gasteiger partial charge < -0.3 is 24.6 Å². The second kappa shape index (κ2) is 11.4. The van der Waals surface area contributed by atoms with E-state index in [1.807, 2.05) is 6.92 Å². The Morgan fingerprint density at radius 3 is 2.65 bits per heavy atom. The average molecular weight is 574 g/mol. The van der Waals surface area contributed by atoms with Gasteiger partial charge in [-0.3, -0.25) is 14.3 Å². The van der Waals surface area contributed by atoms with Gasteiger partial charge in [-0.25, -0.2) is 13.4 Å². The van der Waals surface area contributed by atoms with Crippen LogP contribution in [0.2, 0.25) is 0 Å². The van der Waals surface area contributed by atoms with Gasteiger partial charge in [-0.15, -0.1) is 0 Å². The van der Waals surface area contributed by atoms with Crippen molar-refractivity contribution < 1.29 is 27.9 Å². The van der Waals surface area contributed by atoms with Crippen LogP contribution < -0.4 is 10.1 Å². The molecule has 1 aliphatic heterocycles. The van der Waals surface area contributed by atoms with Gasteiger partial charge in [-0.1, -0.05) is 13.0 Å². The molecule has 0 spiro atoms. The number of benzene rings is 1. The molecule has 2 amide bonds. The smallest absolute Gasteiger partial charge is 0.274 e. The van der Waals surface area contributed by atoms with Gasteiger partial charge in [0.2, 0.25) is 0 Å². The van der Waals surface area contributed by atoms with E-state index in [0.717, 1.165) is 0 Å². The number of aliphatic hydroxyl groups is 1. The minimum Gasteiger partial charge on any atom is -0.486 e. The number of aliphatic hydroxyl groups excluding tert-OH is 1. The number of amides is 2. The number of carbonyl (C=O) groups excluding carboxylic acids is 2. The summed E-state index contributed by atoms with van der Waals surface area (Å²) in [5.41, 5.74) is 1.42. The van der Waals surface area contributed by atoms with E-state index in [2.05, 4.69) is 15.4 Å². The first kappa shape index (κ1) is 29.2. The van der Waals surface area contributed by atoms with Gasteiger partial charge >= 0.3 is 0 Å². The number of anilines is 1. The number of nitrogens with zero attached hydrogens (tertiary/aromatic N) is 6. The molecule has 0 aliphatic carbocycles. The summed E-state index contributed by atoms with van der Waals surface area (Å²) in [6, 6.07) is 5.96. The normalized spacial score (nSPS) is 18.6. The summed E-state index contributed by atoms with van der Waals surface area (Å²) >= 11 is 0. The lowest BCUT2D eigenvalue weighted by molar-refractivity contribution is 0.0388. The maximum atomic E-state index is 13.7. The quantitative estimate of drug-likeness (QED) is 0.409. The van der Waals surface area contributed by atoms with Gasteiger partial charge in [0.15, 0.2) is 10.8 Å². The Kier molecular flexibility index (Phi) is 8.33. The van der Waals surface area contributed by atoms with E-state index in [1.165, 1.54) is 28.6 Å². The van der Waals surface area contributed by atoms with E-state index in [-0.39, 0.29) is 53.5 Å². The Labute approximate surface area is 233 Å². The topological polar surface area (TPSA) is 152 Å². The standard InChI is InChI=1S/C26H35N7O6S/c1-16-11-33(18(3)14-34)26(36)19-8-7-9-20(28-25(35)21-10-17(2)29-32(21)6)24(19)39-22(16)12-31(5)40(37,38)23-13-30(4)15-27-23/h7-10,13,15-16,18,22,34H,11-12,14H2,1-6H3,(H,28,35)/t16-,18+,22+/m0/s1. The molecule has 2 N–H and O–H groups in total. The fourth-order valence-electron chi connectivity index (χ4n) is 4.60. The van der Waals surface area contributed by atoms with Gasteiger partial charge in [0.1, 0.15) is 11.8 Å². The second-order valence-corrected chi connectivity index (χ2v) is 12.2. The highest BCUT2D eigenvalue weighted by Gasteiger charge is 2.36. The molecule has 40 heavy (non-hydrogen) atoms. The molecule has 216 valence electrons. The van der Waals surface area contributed by atoms with Crippen molar-refractivity contribution in [1.29, 1.82) is 0 Å². The van der Waals surface area contributed by atoms with Gasteiger partial charge in [0.25, 0.3) is 21.8 Å². The third-order valence-electron chi connectivity index (χ3n) is 6.97. The number of aryl methyl sites for hydroxylation is 3. The molecule has 0 saturated heterocycles. The van der Waals surface area contributed by atoms with Crippen LogP contribution in [0, 0.1) is 12.8 Å². The molecule has 4 rings (SSSR count). The molecule has 0 fully saturated rings. The lowest BCUT2D eigenvalue weighted by atomic mass is 9.99. The van der Waals surface area contributed by atoms with Crippen molar-refractivity contribution in [2.24, 2.45) is 20.0 Å². The van der Waals surface area contributed by atoms with E-state index < -0.39 is 28.1 Å². The summed E-state index contributed by atoms with van der Waals surface area (Å²) in [6.07, 6.45) is 2.10. The van der Waals surface area contributed by atoms with Gasteiger partial charge in [0, 0.05) is 39.8 Å². The summed E-state index contributed by atoms with van der Waals surface area (Å²) in [5.74, 6) is -1.05. The molecule has 3 heterocycles. The Morgan fingerprint density at radius 2 is 2.05 bits per heavy atom. The molecule has 3 aromatic rings. The summed E-state index contributed by atoms with van der Waals surface area (Å²) in [7, 11) is 0.845. The number of ether oxygens (including phenoxy) is 1. The SMILES string of the molecule is Cc1cc(C(=O)Nc2cccc3c2O[C@H](CN(C)S(=O)(=O)c2cn(C)cn2)[C@@H](C)CN([C@H](C)CO)C3=O)n(C)n1. The molecule has 1 aliphatic rings. The van der Waals surface area contributed by atoms with Crippen molar-refractivity contribution in [2.75, 3.05) is 32.1 Å². The molecule has 0 saturated carbocycles. The van der Waals surface area contributed by atoms with Crippen LogP contribution in [-0.4, -0.2) is 92.8 Å². The van der Waals surface area contributed by atoms with Crippen molar-refractivity contribution >= 4 is 27.5 Å². The lowest BCUT2D eigenvalue weighted by Crippen LogP contribution is -2.50. The molecule has 0 unspecified atom stereocenters. The number of likely N-dealkylation sites (N-methyl/N-ethyl adjacent to an activating group) is 1. The minimum atomic E-state index is -3.93. The van der Waals surface area contributed by atoms with Crippen molar-refractivity contribution in [3.8, 4) is 5.75 Å². The summed E-state index contributed by atoms with van der Waals surface area (Å²) < 4.78 is 37.0. The van der Waals surface area contributed by atoms with Crippen molar-refractivity contribution in [3.63, 3.8) is 0 Å². The van der Waals surface area contributed by atoms with Gasteiger partial charge in [-0.2, -0.15) is 9.40 Å². The Bertz CT molecular complexity index is 1520. The van der Waals surface area contributed by atoms with Gasteiger partial charge in [-0.05, 0) is 32.0 Å². The Hall–Kier alpha value is -3.75. The highest BCUT2D eigenvalue weighted by atomic mass is 32.2. The molecular formula is C26H35N7O6S. The first-order valence-electron chi connectivity index (χ1n) is 12.8. The molecule has 0 bridgehead atoms. The van der Waals surface area contributed by atoms with E-state index in [4.69, 9.17) is 4.74 Å². The highest BCUT2D eigenvalue weighted by Crippen LogP contribution is 2.35. The van der Waals surface area contributed by atoms with Crippen LogP contribution in [0.25, 0.3) is 0 Å². The second-order valence-electron chi connectivity index (χ2n) is 10.2. The summed E-state index contributed by atoms with van der Waals surface area (Å²) in [5, 5.41) is 16.8. The molecule has 13 nitrogen and oxygen atoms in total. The minimum absolute atomic E-state index is 0.0573. The number of hydrogen-bond donors (Lipinski definition) is 2. The number of aromatic nitrogens is 4. The summed E-state index contributed by atoms with van der Waals surface area (Å²) in [4.78, 5) is 32.3. The maximum absolute atomic E-state index is 13.7. The van der Waals surface area contributed by atoms with E-state index in [1.54, 1.807) is 61.7 Å². The van der Waals surface area contributed by atoms with Crippen LogP contribution >= 0.6 is 0 Å². The zero-order chi connectivity index (χ0) is 29.4. The number of para-hydroxylation sites is 1. The van der Waals surface area contributed by atoms with Crippen LogP contribution in [0.5, 0.6) is 5.75 Å². The number of carbonyl (C=O) groups is 2. The zero-order valence-electron chi connectivity index (χ0n) is 23.4. The number of rotatable bonds is 8. The number of hydrogen-bond acceptors (Lipinski definition) is 8. The largest absolute Gasteiger partial charge is 0.486 e. The van der Waals surface area contributed by atoms with Crippen molar-refractivity contribution in [3.05, 3.63) is 53.7 Å². The first-order chi connectivity index (χ1) is 18.8. The van der Waals surface area contributed by atoms with E-state index >= 15 is 0 Å². The molecule has 2 aromatic heterocycles. The van der Waals surface area contributed by atoms with Crippen LogP contribution in [0.3, 0.4) is 0 Å². The fourth-order valence-corrected chi connectivity index (χ4v) is 5.74. The number of imidazole rings is 1. The van der Waals surface area contributed by atoms with E-state index in [0.29, 0.717) is 11.4 Å². The van der Waals surface area contributed by atoms with Crippen molar-refractivity contribution in [1.82, 2.24) is 28.5 Å². The van der Waals surface area contributed by atoms with Crippen LogP contribution in [0.1, 0.15) is 40.4 Å². The Morgan fingerprint density at radius 1 is 1.32 bits per heavy atom. The maximum Gasteiger partial charge on any atom is 0.274 e. The van der Waals surface area contributed by atoms with E-state index in [9.17, 15) is 23.1 Å². The third-order valence-corrected chi connectivity index (χ3v) is 8.68. The first-order valence-corrected chi connectivity index (χ1v) is 14.2. The van der Waals surface area contributed by atoms with Gasteiger partial charge in [0.05, 0.1) is 42.5 Å². The molecule has 0 radical (unpaired) electrons. The number of sulfonamides is 1. The van der Waals surface area contributed by atoms with Crippen LogP contribution in [0.4, 0.5) is 5.69 Å². The molecular weight excluding hydrogens is 538 g/mol. The molecule has 1 aromatic carbocycles. The van der Waals surface area contributed by atoms with Crippen LogP contribution in [0.15, 0.2) is 41.8 Å². The highest BCUT2D eigenvalue weighted by molar-refractivity contribution is 7.89. The predicted molar refractivity (Wildman–Crippen MR) is 147 cm³/mol. The third kappa shape index (κ3) is 5.74. The van der Waals surface area contributed by atoms with Crippen LogP contribution in [-0.2, 0) is 24.1 Å². The summed E-state index contributed by atoms with van der Waals surface area (Å²) in [6.45, 7) is 5.25.